The molecule has 1 aromatic carbocycles. The van der Waals surface area contributed by atoms with E-state index in [1.54, 1.807) is 21.1 Å². The number of aliphatic hydroxyl groups excluding tert-OH is 1. The molecule has 0 aliphatic rings. The number of aliphatic hydroxyl groups is 1. The average molecular weight is 210 g/mol. The Morgan fingerprint density at radius 2 is 1.80 bits per heavy atom. The maximum atomic E-state index is 9.56. The molecule has 0 fully saturated rings. The van der Waals surface area contributed by atoms with Crippen LogP contribution in [0.5, 0.6) is 11.5 Å². The van der Waals surface area contributed by atoms with Crippen LogP contribution in [0.2, 0.25) is 0 Å². The maximum Gasteiger partial charge on any atom is 0.122 e. The number of hydrogen-bond donors (Lipinski definition) is 1. The molecule has 1 aromatic rings. The predicted octanol–water partition coefficient (Wildman–Crippen LogP) is 2.19. The number of benzene rings is 1. The molecule has 1 rings (SSSR count). The lowest BCUT2D eigenvalue weighted by Gasteiger charge is -2.18. The number of rotatable bonds is 4. The molecule has 0 radical (unpaired) electrons. The first-order valence-corrected chi connectivity index (χ1v) is 5.00. The molecule has 0 bridgehead atoms. The molecular weight excluding hydrogens is 192 g/mol. The van der Waals surface area contributed by atoms with E-state index in [1.807, 2.05) is 25.1 Å². The predicted molar refractivity (Wildman–Crippen MR) is 59.6 cm³/mol. The van der Waals surface area contributed by atoms with Crippen LogP contribution in [0.15, 0.2) is 18.2 Å². The average Bonchev–Trinajstić information content (AvgIpc) is 2.27. The molecule has 0 saturated heterocycles. The monoisotopic (exact) mass is 210 g/mol. The standard InChI is InChI=1S/C12H18O3/c1-8(9(2)13)11-7-10(14-3)5-6-12(11)15-4/h5-9,13H,1-4H3/t8-,9+/m0/s1. The second-order valence-electron chi connectivity index (χ2n) is 3.64. The van der Waals surface area contributed by atoms with Gasteiger partial charge in [-0.05, 0) is 25.1 Å². The van der Waals surface area contributed by atoms with Crippen LogP contribution >= 0.6 is 0 Å². The van der Waals surface area contributed by atoms with E-state index in [9.17, 15) is 5.11 Å². The molecule has 84 valence electrons. The van der Waals surface area contributed by atoms with Gasteiger partial charge in [0.25, 0.3) is 0 Å². The summed E-state index contributed by atoms with van der Waals surface area (Å²) in [4.78, 5) is 0. The van der Waals surface area contributed by atoms with Gasteiger partial charge in [0.1, 0.15) is 11.5 Å². The fourth-order valence-corrected chi connectivity index (χ4v) is 1.46. The molecule has 0 heterocycles. The SMILES string of the molecule is COc1ccc(OC)c([C@@H](C)[C@@H](C)O)c1. The van der Waals surface area contributed by atoms with E-state index in [0.29, 0.717) is 0 Å². The third kappa shape index (κ3) is 2.63. The first-order valence-electron chi connectivity index (χ1n) is 5.00. The van der Waals surface area contributed by atoms with Crippen molar-refractivity contribution in [1.29, 1.82) is 0 Å². The number of hydrogen-bond acceptors (Lipinski definition) is 3. The molecule has 3 heteroatoms. The van der Waals surface area contributed by atoms with E-state index in [-0.39, 0.29) is 5.92 Å². The van der Waals surface area contributed by atoms with Gasteiger partial charge in [-0.15, -0.1) is 0 Å². The van der Waals surface area contributed by atoms with E-state index in [4.69, 9.17) is 9.47 Å². The van der Waals surface area contributed by atoms with Crippen molar-refractivity contribution >= 4 is 0 Å². The van der Waals surface area contributed by atoms with Crippen LogP contribution in [-0.4, -0.2) is 25.4 Å². The molecule has 3 nitrogen and oxygen atoms in total. The Morgan fingerprint density at radius 1 is 1.13 bits per heavy atom. The first-order chi connectivity index (χ1) is 7.10. The molecule has 0 aromatic heterocycles. The zero-order valence-electron chi connectivity index (χ0n) is 9.65. The van der Waals surface area contributed by atoms with E-state index in [1.165, 1.54) is 0 Å². The summed E-state index contributed by atoms with van der Waals surface area (Å²) in [6.07, 6.45) is -0.411. The van der Waals surface area contributed by atoms with Gasteiger partial charge in [-0.1, -0.05) is 6.92 Å². The molecular formula is C12H18O3. The van der Waals surface area contributed by atoms with E-state index >= 15 is 0 Å². The van der Waals surface area contributed by atoms with Crippen molar-refractivity contribution in [1.82, 2.24) is 0 Å². The van der Waals surface area contributed by atoms with Gasteiger partial charge >= 0.3 is 0 Å². The highest BCUT2D eigenvalue weighted by atomic mass is 16.5. The Bertz CT molecular complexity index is 321. The van der Waals surface area contributed by atoms with Gasteiger partial charge in [-0.25, -0.2) is 0 Å². The highest BCUT2D eigenvalue weighted by molar-refractivity contribution is 5.42. The fraction of sp³-hybridized carbons (Fsp3) is 0.500. The van der Waals surface area contributed by atoms with Gasteiger partial charge in [0.2, 0.25) is 0 Å². The minimum Gasteiger partial charge on any atom is -0.497 e. The minimum absolute atomic E-state index is 0.0232. The van der Waals surface area contributed by atoms with E-state index in [0.717, 1.165) is 17.1 Å². The highest BCUT2D eigenvalue weighted by Crippen LogP contribution is 2.31. The van der Waals surface area contributed by atoms with Gasteiger partial charge in [0.05, 0.1) is 20.3 Å². The Hall–Kier alpha value is -1.22. The molecule has 0 spiro atoms. The van der Waals surface area contributed by atoms with Gasteiger partial charge < -0.3 is 14.6 Å². The lowest BCUT2D eigenvalue weighted by atomic mass is 9.95. The second-order valence-corrected chi connectivity index (χ2v) is 3.64. The summed E-state index contributed by atoms with van der Waals surface area (Å²) in [5.41, 5.74) is 0.965. The normalized spacial score (nSPS) is 14.5. The molecule has 0 amide bonds. The Morgan fingerprint density at radius 3 is 2.27 bits per heavy atom. The van der Waals surface area contributed by atoms with Crippen LogP contribution in [0.1, 0.15) is 25.3 Å². The third-order valence-corrected chi connectivity index (χ3v) is 2.65. The minimum atomic E-state index is -0.411. The van der Waals surface area contributed by atoms with Crippen molar-refractivity contribution in [3.05, 3.63) is 23.8 Å². The van der Waals surface area contributed by atoms with Gasteiger partial charge in [0.15, 0.2) is 0 Å². The summed E-state index contributed by atoms with van der Waals surface area (Å²) in [5, 5.41) is 9.56. The Kier molecular flexibility index (Phi) is 3.97. The van der Waals surface area contributed by atoms with Crippen molar-refractivity contribution in [3.8, 4) is 11.5 Å². The summed E-state index contributed by atoms with van der Waals surface area (Å²) in [7, 11) is 3.25. The molecule has 2 atom stereocenters. The number of methoxy groups -OCH3 is 2. The molecule has 1 N–H and O–H groups in total. The fourth-order valence-electron chi connectivity index (χ4n) is 1.46. The molecule has 0 aliphatic carbocycles. The van der Waals surface area contributed by atoms with Gasteiger partial charge in [0, 0.05) is 11.5 Å². The zero-order valence-corrected chi connectivity index (χ0v) is 9.65. The van der Waals surface area contributed by atoms with Crippen molar-refractivity contribution in [3.63, 3.8) is 0 Å². The number of ether oxygens (including phenoxy) is 2. The summed E-state index contributed by atoms with van der Waals surface area (Å²) in [6, 6.07) is 5.60. The summed E-state index contributed by atoms with van der Waals surface area (Å²) in [6.45, 7) is 3.73. The van der Waals surface area contributed by atoms with Crippen LogP contribution in [-0.2, 0) is 0 Å². The molecule has 0 unspecified atom stereocenters. The summed E-state index contributed by atoms with van der Waals surface area (Å²) in [5.74, 6) is 1.58. The van der Waals surface area contributed by atoms with Gasteiger partial charge in [-0.2, -0.15) is 0 Å². The van der Waals surface area contributed by atoms with Crippen LogP contribution < -0.4 is 9.47 Å². The zero-order chi connectivity index (χ0) is 11.4. The van der Waals surface area contributed by atoms with E-state index < -0.39 is 6.10 Å². The van der Waals surface area contributed by atoms with Crippen molar-refractivity contribution in [2.45, 2.75) is 25.9 Å². The van der Waals surface area contributed by atoms with Crippen molar-refractivity contribution < 1.29 is 14.6 Å². The van der Waals surface area contributed by atoms with E-state index in [2.05, 4.69) is 0 Å². The van der Waals surface area contributed by atoms with Crippen LogP contribution in [0.4, 0.5) is 0 Å². The largest absolute Gasteiger partial charge is 0.497 e. The second kappa shape index (κ2) is 5.03. The quantitative estimate of drug-likeness (QED) is 0.828. The summed E-state index contributed by atoms with van der Waals surface area (Å²) >= 11 is 0. The Balaban J connectivity index is 3.11. The highest BCUT2D eigenvalue weighted by Gasteiger charge is 2.16. The molecule has 0 saturated carbocycles. The Labute approximate surface area is 90.6 Å². The summed E-state index contributed by atoms with van der Waals surface area (Å²) < 4.78 is 10.4. The van der Waals surface area contributed by atoms with Crippen LogP contribution in [0.25, 0.3) is 0 Å². The lowest BCUT2D eigenvalue weighted by molar-refractivity contribution is 0.167. The smallest absolute Gasteiger partial charge is 0.122 e. The molecule has 0 aliphatic heterocycles. The maximum absolute atomic E-state index is 9.56. The third-order valence-electron chi connectivity index (χ3n) is 2.65. The van der Waals surface area contributed by atoms with Crippen LogP contribution in [0.3, 0.4) is 0 Å². The first kappa shape index (κ1) is 11.9. The topological polar surface area (TPSA) is 38.7 Å². The van der Waals surface area contributed by atoms with Gasteiger partial charge in [-0.3, -0.25) is 0 Å². The van der Waals surface area contributed by atoms with Crippen LogP contribution in [0, 0.1) is 0 Å². The lowest BCUT2D eigenvalue weighted by Crippen LogP contribution is -2.12. The molecule has 15 heavy (non-hydrogen) atoms. The van der Waals surface area contributed by atoms with Crippen molar-refractivity contribution in [2.75, 3.05) is 14.2 Å². The van der Waals surface area contributed by atoms with Crippen molar-refractivity contribution in [2.24, 2.45) is 0 Å².